The van der Waals surface area contributed by atoms with Gasteiger partial charge in [0.15, 0.2) is 12.6 Å². The van der Waals surface area contributed by atoms with E-state index in [-0.39, 0.29) is 0 Å². The van der Waals surface area contributed by atoms with Crippen LogP contribution in [0.15, 0.2) is 12.1 Å². The molecule has 0 atom stereocenters. The molecule has 0 N–H and O–H groups in total. The van der Waals surface area contributed by atoms with Gasteiger partial charge in [0, 0.05) is 11.1 Å². The Morgan fingerprint density at radius 2 is 0.667 bits per heavy atom. The second kappa shape index (κ2) is 12.2. The maximum absolute atomic E-state index is 12.3. The van der Waals surface area contributed by atoms with Crippen molar-refractivity contribution < 1.29 is 9.59 Å². The van der Waals surface area contributed by atoms with Crippen molar-refractivity contribution in [3.8, 4) is 0 Å². The molecule has 1 aliphatic rings. The van der Waals surface area contributed by atoms with E-state index in [2.05, 4.69) is 67.5 Å². The average molecular weight is 561 g/mol. The summed E-state index contributed by atoms with van der Waals surface area (Å²) in [5.41, 5.74) is 18.0. The molecule has 4 aromatic rings. The van der Waals surface area contributed by atoms with Crippen LogP contribution >= 0.6 is 0 Å². The number of hydrogen-bond donors (Lipinski definition) is 0. The van der Waals surface area contributed by atoms with Gasteiger partial charge in [0.05, 0.1) is 0 Å². The van der Waals surface area contributed by atoms with E-state index in [9.17, 15) is 9.59 Å². The maximum atomic E-state index is 12.3. The van der Waals surface area contributed by atoms with Crippen molar-refractivity contribution in [2.24, 2.45) is 0 Å². The summed E-state index contributed by atoms with van der Waals surface area (Å²) in [5.74, 6) is 0. The Labute approximate surface area is 252 Å². The number of fused-ring (bicyclic) bond motifs is 4. The molecule has 2 heteroatoms. The van der Waals surface area contributed by atoms with Gasteiger partial charge in [-0.05, 0) is 165 Å². The lowest BCUT2D eigenvalue weighted by Gasteiger charge is -2.32. The van der Waals surface area contributed by atoms with Crippen LogP contribution in [0.2, 0.25) is 0 Å². The predicted molar refractivity (Wildman–Crippen MR) is 179 cm³/mol. The first kappa shape index (κ1) is 30.2. The molecule has 0 radical (unpaired) electrons. The van der Waals surface area contributed by atoms with E-state index >= 15 is 0 Å². The molecule has 5 rings (SSSR count). The van der Waals surface area contributed by atoms with Crippen molar-refractivity contribution in [3.05, 3.63) is 90.0 Å². The second-order valence-corrected chi connectivity index (χ2v) is 11.9. The minimum absolute atomic E-state index is 0.616. The number of rotatable bonds is 10. The van der Waals surface area contributed by atoms with E-state index in [0.717, 1.165) is 87.9 Å². The third-order valence-electron chi connectivity index (χ3n) is 10.4. The van der Waals surface area contributed by atoms with Crippen molar-refractivity contribution in [3.63, 3.8) is 0 Å². The third-order valence-corrected chi connectivity index (χ3v) is 10.4. The van der Waals surface area contributed by atoms with Crippen LogP contribution in [-0.4, -0.2) is 12.6 Å². The Bertz CT molecular complexity index is 1610. The lowest BCUT2D eigenvalue weighted by atomic mass is 9.72. The Balaban J connectivity index is 1.94. The van der Waals surface area contributed by atoms with Gasteiger partial charge in [0.1, 0.15) is 0 Å². The van der Waals surface area contributed by atoms with Crippen molar-refractivity contribution >= 4 is 34.1 Å². The highest BCUT2D eigenvalue weighted by Gasteiger charge is 2.30. The average Bonchev–Trinajstić information content (AvgIpc) is 3.02. The van der Waals surface area contributed by atoms with E-state index < -0.39 is 0 Å². The van der Waals surface area contributed by atoms with Crippen molar-refractivity contribution in [1.82, 2.24) is 0 Å². The minimum Gasteiger partial charge on any atom is -0.298 e. The molecule has 0 spiro atoms. The number of carbonyl (C=O) groups is 2. The van der Waals surface area contributed by atoms with Crippen LogP contribution in [0.25, 0.3) is 21.5 Å². The van der Waals surface area contributed by atoms with Gasteiger partial charge >= 0.3 is 0 Å². The Hall–Kier alpha value is -3.26. The molecule has 0 saturated heterocycles. The molecule has 4 aromatic carbocycles. The molecule has 42 heavy (non-hydrogen) atoms. The van der Waals surface area contributed by atoms with Crippen molar-refractivity contribution in [2.45, 2.75) is 120 Å². The first-order valence-corrected chi connectivity index (χ1v) is 16.6. The molecule has 0 aromatic heterocycles. The number of carbonyl (C=O) groups excluding carboxylic acids is 2. The summed E-state index contributed by atoms with van der Waals surface area (Å²) in [4.78, 5) is 24.7. The van der Waals surface area contributed by atoms with Crippen LogP contribution in [-0.2, 0) is 64.2 Å². The van der Waals surface area contributed by atoms with E-state index in [1.54, 1.807) is 11.1 Å². The summed E-state index contributed by atoms with van der Waals surface area (Å²) in [7, 11) is 0. The Kier molecular flexibility index (Phi) is 8.74. The topological polar surface area (TPSA) is 34.1 Å². The summed E-state index contributed by atoms with van der Waals surface area (Å²) in [5, 5.41) is 5.73. The van der Waals surface area contributed by atoms with Crippen LogP contribution in [0.4, 0.5) is 0 Å². The molecule has 0 bridgehead atoms. The normalized spacial score (nSPS) is 12.6. The van der Waals surface area contributed by atoms with E-state index in [4.69, 9.17) is 0 Å². The van der Waals surface area contributed by atoms with Crippen molar-refractivity contribution in [2.75, 3.05) is 0 Å². The third kappa shape index (κ3) is 4.28. The van der Waals surface area contributed by atoms with Gasteiger partial charge in [-0.15, -0.1) is 0 Å². The molecule has 0 amide bonds. The van der Waals surface area contributed by atoms with Gasteiger partial charge < -0.3 is 0 Å². The summed E-state index contributed by atoms with van der Waals surface area (Å²) in [6, 6.07) is 5.11. The van der Waals surface area contributed by atoms with Gasteiger partial charge in [-0.25, -0.2) is 0 Å². The lowest BCUT2D eigenvalue weighted by molar-refractivity contribution is 0.109. The zero-order chi connectivity index (χ0) is 30.3. The summed E-state index contributed by atoms with van der Waals surface area (Å²) in [6.45, 7) is 18.1. The number of aldehydes is 2. The van der Waals surface area contributed by atoms with Crippen LogP contribution in [0.1, 0.15) is 143 Å². The first-order valence-electron chi connectivity index (χ1n) is 16.6. The summed E-state index contributed by atoms with van der Waals surface area (Å²) >= 11 is 0. The van der Waals surface area contributed by atoms with Crippen LogP contribution in [0.3, 0.4) is 0 Å². The lowest BCUT2D eigenvalue weighted by Crippen LogP contribution is -2.20. The zero-order valence-electron chi connectivity index (χ0n) is 27.2. The highest BCUT2D eigenvalue weighted by Crippen LogP contribution is 2.44. The van der Waals surface area contributed by atoms with E-state index in [1.165, 1.54) is 66.1 Å². The van der Waals surface area contributed by atoms with Gasteiger partial charge in [-0.3, -0.25) is 9.59 Å². The number of aryl methyl sites for hydroxylation is 4. The highest BCUT2D eigenvalue weighted by atomic mass is 16.1. The molecule has 0 saturated carbocycles. The molecule has 0 aliphatic heterocycles. The number of hydrogen-bond acceptors (Lipinski definition) is 2. The zero-order valence-corrected chi connectivity index (χ0v) is 27.2. The van der Waals surface area contributed by atoms with Gasteiger partial charge in [0.25, 0.3) is 0 Å². The van der Waals surface area contributed by atoms with E-state index in [0.29, 0.717) is 11.1 Å². The fourth-order valence-electron chi connectivity index (χ4n) is 8.74. The fraction of sp³-hybridized carbons (Fsp3) is 0.450. The smallest absolute Gasteiger partial charge is 0.151 e. The predicted octanol–water partition coefficient (Wildman–Crippen LogP) is 9.61. The van der Waals surface area contributed by atoms with Crippen LogP contribution in [0.5, 0.6) is 0 Å². The summed E-state index contributed by atoms with van der Waals surface area (Å²) in [6.07, 6.45) is 11.3. The molecule has 0 fully saturated rings. The van der Waals surface area contributed by atoms with Crippen LogP contribution in [0, 0.1) is 0 Å². The Morgan fingerprint density at radius 1 is 0.405 bits per heavy atom. The van der Waals surface area contributed by atoms with Gasteiger partial charge in [0.2, 0.25) is 0 Å². The second-order valence-electron chi connectivity index (χ2n) is 11.9. The minimum atomic E-state index is 0.616. The highest BCUT2D eigenvalue weighted by molar-refractivity contribution is 6.06. The van der Waals surface area contributed by atoms with E-state index in [1.807, 2.05) is 0 Å². The molecule has 0 heterocycles. The molecule has 1 aliphatic carbocycles. The SMILES string of the molecule is CCc1c(C=O)c(C=O)c(CC)c2c1Cc1c(c(CC)c3cc4c(CC)c(CC)c(CC)c(CC)c4cc3c1CC)C2. The first-order chi connectivity index (χ1) is 20.4. The van der Waals surface area contributed by atoms with Crippen molar-refractivity contribution in [1.29, 1.82) is 0 Å². The molecule has 220 valence electrons. The monoisotopic (exact) mass is 560 g/mol. The maximum Gasteiger partial charge on any atom is 0.151 e. The molecule has 0 unspecified atom stereocenters. The number of benzene rings is 4. The standard InChI is InChI=1S/C40H48O2/c1-9-23-24(10-2)26(12-4)32-18-34-28(14-6)36-20-38-30(16-8)40(22-42)39(21-41)29(15-7)37(38)19-35(36)27(13-5)33(34)17-31(32)25(23)11-3/h17-18,21-22H,9-16,19-20H2,1-8H3. The molecular weight excluding hydrogens is 512 g/mol. The van der Waals surface area contributed by atoms with Gasteiger partial charge in [-0.1, -0.05) is 55.4 Å². The summed E-state index contributed by atoms with van der Waals surface area (Å²) < 4.78 is 0. The fourth-order valence-corrected chi connectivity index (χ4v) is 8.74. The Morgan fingerprint density at radius 3 is 0.929 bits per heavy atom. The molecular formula is C40H48O2. The largest absolute Gasteiger partial charge is 0.298 e. The quantitative estimate of drug-likeness (QED) is 0.126. The van der Waals surface area contributed by atoms with Gasteiger partial charge in [-0.2, -0.15) is 0 Å². The molecule has 2 nitrogen and oxygen atoms in total. The van der Waals surface area contributed by atoms with Crippen LogP contribution < -0.4 is 0 Å².